The summed E-state index contributed by atoms with van der Waals surface area (Å²) >= 11 is 0. The Bertz CT molecular complexity index is 819. The van der Waals surface area contributed by atoms with Crippen LogP contribution in [0.2, 0.25) is 0 Å². The summed E-state index contributed by atoms with van der Waals surface area (Å²) in [6.45, 7) is 1.34. The molecule has 0 radical (unpaired) electrons. The van der Waals surface area contributed by atoms with E-state index in [0.29, 0.717) is 5.56 Å². The maximum atomic E-state index is 11.9. The first-order chi connectivity index (χ1) is 11.9. The second-order valence-electron chi connectivity index (χ2n) is 5.14. The Morgan fingerprint density at radius 1 is 1.20 bits per heavy atom. The number of anilines is 1. The van der Waals surface area contributed by atoms with Crippen LogP contribution in [0.4, 0.5) is 11.4 Å². The highest BCUT2D eigenvalue weighted by Crippen LogP contribution is 2.28. The fraction of sp³-hybridized carbons (Fsp3) is 0.176. The minimum absolute atomic E-state index is 0.132. The van der Waals surface area contributed by atoms with Crippen LogP contribution in [0.3, 0.4) is 0 Å². The number of nitrogens with one attached hydrogen (secondary N) is 1. The number of nitrogens with zero attached hydrogens (tertiary/aromatic N) is 1. The minimum Gasteiger partial charge on any atom is -0.494 e. The molecule has 0 aliphatic carbocycles. The number of nitro benzene ring substituents is 1. The van der Waals surface area contributed by atoms with Crippen LogP contribution in [0.15, 0.2) is 42.5 Å². The molecule has 0 spiro atoms. The topological polar surface area (TPSA) is 108 Å². The van der Waals surface area contributed by atoms with Crippen LogP contribution in [-0.2, 0) is 9.53 Å². The summed E-state index contributed by atoms with van der Waals surface area (Å²) in [5.74, 6) is -1.07. The van der Waals surface area contributed by atoms with Gasteiger partial charge in [0, 0.05) is 6.07 Å². The van der Waals surface area contributed by atoms with E-state index >= 15 is 0 Å². The van der Waals surface area contributed by atoms with E-state index in [4.69, 9.17) is 9.47 Å². The van der Waals surface area contributed by atoms with Crippen molar-refractivity contribution in [2.24, 2.45) is 0 Å². The van der Waals surface area contributed by atoms with Crippen molar-refractivity contribution in [3.05, 3.63) is 63.7 Å². The molecule has 0 aromatic heterocycles. The number of hydrogen-bond donors (Lipinski definition) is 1. The number of amides is 1. The van der Waals surface area contributed by atoms with E-state index in [1.165, 1.54) is 25.3 Å². The number of carbonyl (C=O) groups excluding carboxylic acids is 2. The van der Waals surface area contributed by atoms with Gasteiger partial charge in [-0.2, -0.15) is 0 Å². The summed E-state index contributed by atoms with van der Waals surface area (Å²) < 4.78 is 9.97. The highest BCUT2D eigenvalue weighted by Gasteiger charge is 2.15. The number of non-ortho nitro benzene ring substituents is 1. The van der Waals surface area contributed by atoms with Crippen LogP contribution in [0.25, 0.3) is 0 Å². The van der Waals surface area contributed by atoms with Crippen LogP contribution in [0.5, 0.6) is 5.75 Å². The number of carbonyl (C=O) groups is 2. The molecule has 0 saturated heterocycles. The second-order valence-corrected chi connectivity index (χ2v) is 5.14. The third kappa shape index (κ3) is 4.77. The first-order valence-electron chi connectivity index (χ1n) is 7.27. The van der Waals surface area contributed by atoms with Crippen molar-refractivity contribution in [3.8, 4) is 5.75 Å². The van der Waals surface area contributed by atoms with Gasteiger partial charge in [-0.05, 0) is 25.1 Å². The molecule has 0 atom stereocenters. The molecule has 25 heavy (non-hydrogen) atoms. The Kier molecular flexibility index (Phi) is 5.67. The number of benzene rings is 2. The second kappa shape index (κ2) is 7.91. The standard InChI is InChI=1S/C17H16N2O6/c1-11-4-3-5-12(8-11)17(21)25-10-16(20)18-14-7-6-13(19(22)23)9-15(14)24-2/h3-9H,10H2,1-2H3,(H,18,20). The lowest BCUT2D eigenvalue weighted by atomic mass is 10.1. The Balaban J connectivity index is 1.98. The molecule has 0 aliphatic heterocycles. The summed E-state index contributed by atoms with van der Waals surface area (Å²) in [5, 5.41) is 13.2. The van der Waals surface area contributed by atoms with Gasteiger partial charge in [-0.1, -0.05) is 17.7 Å². The predicted molar refractivity (Wildman–Crippen MR) is 89.7 cm³/mol. The fourth-order valence-electron chi connectivity index (χ4n) is 2.07. The van der Waals surface area contributed by atoms with E-state index in [0.717, 1.165) is 5.56 Å². The monoisotopic (exact) mass is 344 g/mol. The van der Waals surface area contributed by atoms with Gasteiger partial charge in [-0.25, -0.2) is 4.79 Å². The molecule has 2 aromatic carbocycles. The number of nitro groups is 1. The van der Waals surface area contributed by atoms with Crippen molar-refractivity contribution in [3.63, 3.8) is 0 Å². The zero-order valence-electron chi connectivity index (χ0n) is 13.6. The van der Waals surface area contributed by atoms with Gasteiger partial charge < -0.3 is 14.8 Å². The highest BCUT2D eigenvalue weighted by atomic mass is 16.6. The molecule has 0 unspecified atom stereocenters. The minimum atomic E-state index is -0.616. The van der Waals surface area contributed by atoms with Gasteiger partial charge in [0.2, 0.25) is 0 Å². The lowest BCUT2D eigenvalue weighted by molar-refractivity contribution is -0.384. The van der Waals surface area contributed by atoms with Gasteiger partial charge in [-0.3, -0.25) is 14.9 Å². The lowest BCUT2D eigenvalue weighted by Gasteiger charge is -2.10. The van der Waals surface area contributed by atoms with Crippen LogP contribution < -0.4 is 10.1 Å². The normalized spacial score (nSPS) is 10.0. The molecule has 8 nitrogen and oxygen atoms in total. The third-order valence-electron chi connectivity index (χ3n) is 3.26. The average molecular weight is 344 g/mol. The zero-order chi connectivity index (χ0) is 18.4. The SMILES string of the molecule is COc1cc([N+](=O)[O-])ccc1NC(=O)COC(=O)c1cccc(C)c1. The van der Waals surface area contributed by atoms with Gasteiger partial charge >= 0.3 is 5.97 Å². The van der Waals surface area contributed by atoms with E-state index in [1.54, 1.807) is 18.2 Å². The Morgan fingerprint density at radius 3 is 2.60 bits per heavy atom. The predicted octanol–water partition coefficient (Wildman–Crippen LogP) is 2.71. The molecule has 0 fully saturated rings. The number of esters is 1. The molecule has 2 rings (SSSR count). The van der Waals surface area contributed by atoms with E-state index in [1.807, 2.05) is 13.0 Å². The number of rotatable bonds is 6. The number of methoxy groups -OCH3 is 1. The average Bonchev–Trinajstić information content (AvgIpc) is 2.59. The molecular weight excluding hydrogens is 328 g/mol. The highest BCUT2D eigenvalue weighted by molar-refractivity contribution is 5.96. The van der Waals surface area contributed by atoms with Crippen LogP contribution >= 0.6 is 0 Å². The van der Waals surface area contributed by atoms with Crippen molar-refractivity contribution < 1.29 is 24.0 Å². The number of aryl methyl sites for hydroxylation is 1. The maximum Gasteiger partial charge on any atom is 0.338 e. The third-order valence-corrected chi connectivity index (χ3v) is 3.26. The molecule has 0 saturated carbocycles. The molecule has 2 aromatic rings. The van der Waals surface area contributed by atoms with E-state index < -0.39 is 23.4 Å². The first-order valence-corrected chi connectivity index (χ1v) is 7.27. The van der Waals surface area contributed by atoms with Gasteiger partial charge in [0.25, 0.3) is 11.6 Å². The Morgan fingerprint density at radius 2 is 1.96 bits per heavy atom. The molecule has 1 amide bonds. The fourth-order valence-corrected chi connectivity index (χ4v) is 2.07. The molecular formula is C17H16N2O6. The van der Waals surface area contributed by atoms with Gasteiger partial charge in [0.1, 0.15) is 5.75 Å². The van der Waals surface area contributed by atoms with Crippen molar-refractivity contribution in [1.82, 2.24) is 0 Å². The molecule has 0 aliphatic rings. The molecule has 0 bridgehead atoms. The van der Waals surface area contributed by atoms with Crippen LogP contribution in [-0.4, -0.2) is 30.5 Å². The van der Waals surface area contributed by atoms with Crippen molar-refractivity contribution in [2.75, 3.05) is 19.0 Å². The van der Waals surface area contributed by atoms with Gasteiger partial charge in [0.05, 0.1) is 29.4 Å². The summed E-state index contributed by atoms with van der Waals surface area (Å²) in [4.78, 5) is 34.0. The summed E-state index contributed by atoms with van der Waals surface area (Å²) in [7, 11) is 1.33. The molecule has 1 N–H and O–H groups in total. The maximum absolute atomic E-state index is 11.9. The van der Waals surface area contributed by atoms with Crippen molar-refractivity contribution in [2.45, 2.75) is 6.92 Å². The molecule has 8 heteroatoms. The zero-order valence-corrected chi connectivity index (χ0v) is 13.6. The molecule has 0 heterocycles. The van der Waals surface area contributed by atoms with Crippen LogP contribution in [0.1, 0.15) is 15.9 Å². The largest absolute Gasteiger partial charge is 0.494 e. The smallest absolute Gasteiger partial charge is 0.338 e. The quantitative estimate of drug-likeness (QED) is 0.490. The summed E-state index contributed by atoms with van der Waals surface area (Å²) in [6, 6.07) is 10.6. The van der Waals surface area contributed by atoms with E-state index in [9.17, 15) is 19.7 Å². The summed E-state index contributed by atoms with van der Waals surface area (Å²) in [5.41, 5.74) is 1.32. The Labute approximate surface area is 143 Å². The number of ether oxygens (including phenoxy) is 2. The van der Waals surface area contributed by atoms with Crippen molar-refractivity contribution in [1.29, 1.82) is 0 Å². The Hall–Kier alpha value is -3.42. The van der Waals surface area contributed by atoms with E-state index in [2.05, 4.69) is 5.32 Å². The van der Waals surface area contributed by atoms with Crippen LogP contribution in [0, 0.1) is 17.0 Å². The summed E-state index contributed by atoms with van der Waals surface area (Å²) in [6.07, 6.45) is 0. The lowest BCUT2D eigenvalue weighted by Crippen LogP contribution is -2.21. The first kappa shape index (κ1) is 17.9. The van der Waals surface area contributed by atoms with Gasteiger partial charge in [0.15, 0.2) is 6.61 Å². The van der Waals surface area contributed by atoms with E-state index in [-0.39, 0.29) is 17.1 Å². The van der Waals surface area contributed by atoms with Gasteiger partial charge in [-0.15, -0.1) is 0 Å². The molecule has 130 valence electrons. The van der Waals surface area contributed by atoms with Crippen molar-refractivity contribution >= 4 is 23.3 Å². The number of hydrogen-bond acceptors (Lipinski definition) is 6.